The fourth-order valence-corrected chi connectivity index (χ4v) is 2.21. The molecule has 3 N–H and O–H groups in total. The van der Waals surface area contributed by atoms with Gasteiger partial charge in [-0.3, -0.25) is 14.4 Å². The fourth-order valence-electron chi connectivity index (χ4n) is 1.79. The molecule has 0 aromatic heterocycles. The van der Waals surface area contributed by atoms with Crippen molar-refractivity contribution in [2.75, 3.05) is 7.05 Å². The second-order valence-electron chi connectivity index (χ2n) is 4.37. The minimum Gasteiger partial charge on any atom is -0.481 e. The fraction of sp³-hybridized carbons (Fsp3) is 0.308. The maximum Gasteiger partial charge on any atom is 0.315 e. The molecule has 0 bridgehead atoms. The van der Waals surface area contributed by atoms with Gasteiger partial charge in [0.05, 0.1) is 0 Å². The number of nitrogens with zero attached hydrogens (tertiary/aromatic N) is 1. The molecule has 0 radical (unpaired) electrons. The van der Waals surface area contributed by atoms with Crippen LogP contribution in [0.1, 0.15) is 18.5 Å². The van der Waals surface area contributed by atoms with Gasteiger partial charge >= 0.3 is 5.97 Å². The largest absolute Gasteiger partial charge is 0.481 e. The molecule has 0 aliphatic carbocycles. The third kappa shape index (κ3) is 3.57. The number of carbonyl (C=O) groups is 3. The SMILES string of the molecule is CC(C(=O)O)C(=O)N(C)C(C(N)=O)c1cccc(Br)c1. The highest BCUT2D eigenvalue weighted by Gasteiger charge is 2.32. The van der Waals surface area contributed by atoms with E-state index in [1.165, 1.54) is 14.0 Å². The van der Waals surface area contributed by atoms with Gasteiger partial charge < -0.3 is 15.7 Å². The average Bonchev–Trinajstić information content (AvgIpc) is 2.36. The van der Waals surface area contributed by atoms with Crippen molar-refractivity contribution in [3.63, 3.8) is 0 Å². The number of rotatable bonds is 5. The quantitative estimate of drug-likeness (QED) is 0.783. The van der Waals surface area contributed by atoms with Crippen molar-refractivity contribution < 1.29 is 19.5 Å². The van der Waals surface area contributed by atoms with E-state index in [0.717, 1.165) is 9.37 Å². The standard InChI is InChI=1S/C13H15BrN2O4/c1-7(13(19)20)12(18)16(2)10(11(15)17)8-4-3-5-9(14)6-8/h3-7,10H,1-2H3,(H2,15,17)(H,19,20). The molecule has 108 valence electrons. The zero-order valence-corrected chi connectivity index (χ0v) is 12.6. The molecule has 2 unspecified atom stereocenters. The maximum atomic E-state index is 12.0. The smallest absolute Gasteiger partial charge is 0.315 e. The summed E-state index contributed by atoms with van der Waals surface area (Å²) in [6.45, 7) is 1.26. The summed E-state index contributed by atoms with van der Waals surface area (Å²) < 4.78 is 0.730. The molecule has 2 amide bonds. The van der Waals surface area contributed by atoms with Gasteiger partial charge in [-0.15, -0.1) is 0 Å². The van der Waals surface area contributed by atoms with Crippen LogP contribution in [-0.2, 0) is 14.4 Å². The van der Waals surface area contributed by atoms with E-state index in [1.54, 1.807) is 24.3 Å². The van der Waals surface area contributed by atoms with Gasteiger partial charge in [-0.05, 0) is 24.6 Å². The molecule has 20 heavy (non-hydrogen) atoms. The molecule has 1 aromatic rings. The first-order chi connectivity index (χ1) is 9.25. The van der Waals surface area contributed by atoms with Crippen LogP contribution < -0.4 is 5.73 Å². The van der Waals surface area contributed by atoms with E-state index >= 15 is 0 Å². The number of carbonyl (C=O) groups excluding carboxylic acids is 2. The highest BCUT2D eigenvalue weighted by atomic mass is 79.9. The molecule has 2 atom stereocenters. The predicted octanol–water partition coefficient (Wildman–Crippen LogP) is 1.15. The minimum absolute atomic E-state index is 0.514. The number of carboxylic acids is 1. The van der Waals surface area contributed by atoms with E-state index in [4.69, 9.17) is 10.8 Å². The molecule has 0 spiro atoms. The van der Waals surface area contributed by atoms with Gasteiger partial charge in [-0.1, -0.05) is 28.1 Å². The number of primary amides is 1. The molecular formula is C13H15BrN2O4. The molecule has 1 aromatic carbocycles. The number of halogens is 1. The number of aliphatic carboxylic acids is 1. The number of hydrogen-bond donors (Lipinski definition) is 2. The van der Waals surface area contributed by atoms with Crippen LogP contribution in [0.3, 0.4) is 0 Å². The highest BCUT2D eigenvalue weighted by Crippen LogP contribution is 2.23. The molecule has 0 fully saturated rings. The normalized spacial score (nSPS) is 13.3. The van der Waals surface area contributed by atoms with Gasteiger partial charge in [0.25, 0.3) is 0 Å². The number of benzene rings is 1. The Balaban J connectivity index is 3.12. The lowest BCUT2D eigenvalue weighted by Gasteiger charge is -2.27. The van der Waals surface area contributed by atoms with Gasteiger partial charge in [0.2, 0.25) is 11.8 Å². The average molecular weight is 343 g/mol. The molecule has 0 heterocycles. The number of hydrogen-bond acceptors (Lipinski definition) is 3. The van der Waals surface area contributed by atoms with Gasteiger partial charge in [0.1, 0.15) is 12.0 Å². The minimum atomic E-state index is -1.25. The summed E-state index contributed by atoms with van der Waals surface area (Å²) in [7, 11) is 1.36. The van der Waals surface area contributed by atoms with E-state index in [0.29, 0.717) is 5.56 Å². The van der Waals surface area contributed by atoms with Gasteiger partial charge in [0, 0.05) is 11.5 Å². The maximum absolute atomic E-state index is 12.0. The Labute approximate surface area is 124 Å². The van der Waals surface area contributed by atoms with Crippen LogP contribution in [-0.4, -0.2) is 34.8 Å². The Hall–Kier alpha value is -1.89. The third-order valence-electron chi connectivity index (χ3n) is 2.91. The summed E-state index contributed by atoms with van der Waals surface area (Å²) in [5, 5.41) is 8.87. The van der Waals surface area contributed by atoms with E-state index in [1.807, 2.05) is 0 Å². The Morgan fingerprint density at radius 3 is 2.40 bits per heavy atom. The van der Waals surface area contributed by atoms with Gasteiger partial charge in [-0.25, -0.2) is 0 Å². The van der Waals surface area contributed by atoms with Crippen molar-refractivity contribution in [2.45, 2.75) is 13.0 Å². The number of carboxylic acid groups (broad SMARTS) is 1. The van der Waals surface area contributed by atoms with E-state index in [9.17, 15) is 14.4 Å². The van der Waals surface area contributed by atoms with Crippen molar-refractivity contribution in [3.05, 3.63) is 34.3 Å². The lowest BCUT2D eigenvalue weighted by Crippen LogP contribution is -2.43. The van der Waals surface area contributed by atoms with E-state index in [-0.39, 0.29) is 0 Å². The Bertz CT molecular complexity index is 547. The summed E-state index contributed by atoms with van der Waals surface area (Å²) in [5.74, 6) is -3.90. The molecule has 0 saturated carbocycles. The van der Waals surface area contributed by atoms with Gasteiger partial charge in [-0.2, -0.15) is 0 Å². The summed E-state index contributed by atoms with van der Waals surface area (Å²) in [4.78, 5) is 35.5. The number of amides is 2. The van der Waals surface area contributed by atoms with Crippen LogP contribution in [0.15, 0.2) is 28.7 Å². The van der Waals surface area contributed by atoms with Crippen LogP contribution in [0.5, 0.6) is 0 Å². The zero-order valence-electron chi connectivity index (χ0n) is 11.0. The van der Waals surface area contributed by atoms with Crippen molar-refractivity contribution in [3.8, 4) is 0 Å². The van der Waals surface area contributed by atoms with Crippen molar-refractivity contribution >= 4 is 33.7 Å². The lowest BCUT2D eigenvalue weighted by molar-refractivity contribution is -0.152. The van der Waals surface area contributed by atoms with E-state index in [2.05, 4.69) is 15.9 Å². The highest BCUT2D eigenvalue weighted by molar-refractivity contribution is 9.10. The van der Waals surface area contributed by atoms with Crippen LogP contribution in [0.25, 0.3) is 0 Å². The topological polar surface area (TPSA) is 101 Å². The van der Waals surface area contributed by atoms with Gasteiger partial charge in [0.15, 0.2) is 0 Å². The van der Waals surface area contributed by atoms with Crippen LogP contribution >= 0.6 is 15.9 Å². The molecule has 1 rings (SSSR count). The predicted molar refractivity (Wildman–Crippen MR) is 75.6 cm³/mol. The molecule has 0 aliphatic heterocycles. The third-order valence-corrected chi connectivity index (χ3v) is 3.40. The summed E-state index contributed by atoms with van der Waals surface area (Å²) in [6, 6.07) is 5.76. The molecule has 6 nitrogen and oxygen atoms in total. The lowest BCUT2D eigenvalue weighted by atomic mass is 10.0. The summed E-state index contributed by atoms with van der Waals surface area (Å²) >= 11 is 3.27. The van der Waals surface area contributed by atoms with Crippen molar-refractivity contribution in [1.82, 2.24) is 4.90 Å². The first-order valence-electron chi connectivity index (χ1n) is 5.80. The second-order valence-corrected chi connectivity index (χ2v) is 5.28. The van der Waals surface area contributed by atoms with E-state index < -0.39 is 29.7 Å². The zero-order chi connectivity index (χ0) is 15.4. The summed E-state index contributed by atoms with van der Waals surface area (Å²) in [6.07, 6.45) is 0. The van der Waals surface area contributed by atoms with Crippen molar-refractivity contribution in [1.29, 1.82) is 0 Å². The molecule has 0 saturated heterocycles. The number of likely N-dealkylation sites (N-methyl/N-ethyl adjacent to an activating group) is 1. The van der Waals surface area contributed by atoms with Crippen LogP contribution in [0, 0.1) is 5.92 Å². The Morgan fingerprint density at radius 2 is 1.95 bits per heavy atom. The van der Waals surface area contributed by atoms with Crippen LogP contribution in [0.2, 0.25) is 0 Å². The molecule has 0 aliphatic rings. The molecule has 7 heteroatoms. The summed E-state index contributed by atoms with van der Waals surface area (Å²) in [5.41, 5.74) is 5.85. The van der Waals surface area contributed by atoms with Crippen molar-refractivity contribution in [2.24, 2.45) is 11.7 Å². The molecular weight excluding hydrogens is 328 g/mol. The monoisotopic (exact) mass is 342 g/mol. The second kappa shape index (κ2) is 6.51. The Kier molecular flexibility index (Phi) is 5.26. The number of nitrogens with two attached hydrogens (primary N) is 1. The first kappa shape index (κ1) is 16.2. The Morgan fingerprint density at radius 1 is 1.35 bits per heavy atom. The van der Waals surface area contributed by atoms with Crippen LogP contribution in [0.4, 0.5) is 0 Å². The first-order valence-corrected chi connectivity index (χ1v) is 6.59.